The van der Waals surface area contributed by atoms with Gasteiger partial charge in [0.15, 0.2) is 16.9 Å². The summed E-state index contributed by atoms with van der Waals surface area (Å²) < 4.78 is 6.96. The van der Waals surface area contributed by atoms with Gasteiger partial charge >= 0.3 is 0 Å². The zero-order valence-corrected chi connectivity index (χ0v) is 16.0. The summed E-state index contributed by atoms with van der Waals surface area (Å²) in [7, 11) is 1.65. The number of fused-ring (bicyclic) bond motifs is 2. The van der Waals surface area contributed by atoms with Gasteiger partial charge in [-0.1, -0.05) is 24.3 Å². The quantitative estimate of drug-likeness (QED) is 0.507. The number of aromatic nitrogens is 4. The summed E-state index contributed by atoms with van der Waals surface area (Å²) in [4.78, 5) is 20.7. The number of benzene rings is 2. The van der Waals surface area contributed by atoms with E-state index in [0.717, 1.165) is 22.4 Å². The highest BCUT2D eigenvalue weighted by atomic mass is 16.5. The van der Waals surface area contributed by atoms with Crippen molar-refractivity contribution in [2.45, 2.75) is 6.92 Å². The monoisotopic (exact) mass is 382 g/mol. The molecule has 0 saturated heterocycles. The Morgan fingerprint density at radius 3 is 2.52 bits per heavy atom. The van der Waals surface area contributed by atoms with Crippen molar-refractivity contribution >= 4 is 16.6 Å². The maximum absolute atomic E-state index is 12.7. The third-order valence-corrected chi connectivity index (χ3v) is 5.12. The number of hydrogen-bond donors (Lipinski definition) is 1. The van der Waals surface area contributed by atoms with Crippen LogP contribution in [0.2, 0.25) is 0 Å². The van der Waals surface area contributed by atoms with E-state index in [-0.39, 0.29) is 5.43 Å². The first kappa shape index (κ1) is 17.2. The van der Waals surface area contributed by atoms with Crippen molar-refractivity contribution in [1.82, 2.24) is 19.6 Å². The lowest BCUT2D eigenvalue weighted by molar-refractivity contribution is 0.415. The minimum Gasteiger partial charge on any atom is -0.497 e. The van der Waals surface area contributed by atoms with E-state index in [4.69, 9.17) is 4.74 Å². The lowest BCUT2D eigenvalue weighted by Gasteiger charge is -2.05. The van der Waals surface area contributed by atoms with Crippen molar-refractivity contribution < 1.29 is 4.74 Å². The van der Waals surface area contributed by atoms with Crippen LogP contribution in [0.1, 0.15) is 5.56 Å². The maximum atomic E-state index is 12.7. The summed E-state index contributed by atoms with van der Waals surface area (Å²) in [5, 5.41) is 5.29. The number of H-pyrrole nitrogens is 1. The summed E-state index contributed by atoms with van der Waals surface area (Å²) in [6.07, 6.45) is 1.93. The molecule has 29 heavy (non-hydrogen) atoms. The van der Waals surface area contributed by atoms with E-state index in [9.17, 15) is 4.79 Å². The number of methoxy groups -OCH3 is 1. The first-order chi connectivity index (χ1) is 14.1. The van der Waals surface area contributed by atoms with Crippen molar-refractivity contribution in [2.75, 3.05) is 7.11 Å². The molecule has 6 nitrogen and oxygen atoms in total. The zero-order valence-electron chi connectivity index (χ0n) is 16.0. The Hall–Kier alpha value is -3.93. The van der Waals surface area contributed by atoms with Crippen molar-refractivity contribution in [3.05, 3.63) is 82.6 Å². The van der Waals surface area contributed by atoms with Crippen LogP contribution < -0.4 is 10.2 Å². The number of ether oxygens (including phenoxy) is 1. The van der Waals surface area contributed by atoms with Crippen LogP contribution in [0.15, 0.2) is 71.7 Å². The van der Waals surface area contributed by atoms with Gasteiger partial charge in [0, 0.05) is 28.2 Å². The van der Waals surface area contributed by atoms with E-state index < -0.39 is 0 Å². The number of nitrogens with one attached hydrogen (secondary N) is 1. The molecule has 0 spiro atoms. The molecule has 0 radical (unpaired) electrons. The maximum Gasteiger partial charge on any atom is 0.198 e. The van der Waals surface area contributed by atoms with E-state index in [1.165, 1.54) is 0 Å². The molecule has 0 aliphatic heterocycles. The predicted molar refractivity (Wildman–Crippen MR) is 113 cm³/mol. The molecular formula is C23H18N4O2. The van der Waals surface area contributed by atoms with Crippen molar-refractivity contribution in [3.63, 3.8) is 0 Å². The third-order valence-electron chi connectivity index (χ3n) is 5.12. The first-order valence-electron chi connectivity index (χ1n) is 9.27. The fourth-order valence-electron chi connectivity index (χ4n) is 3.50. The average Bonchev–Trinajstić information content (AvgIpc) is 3.19. The molecule has 5 aromatic rings. The number of aromatic amines is 1. The Bertz CT molecular complexity index is 1420. The normalized spacial score (nSPS) is 11.2. The molecule has 0 bridgehead atoms. The molecule has 0 saturated carbocycles. The van der Waals surface area contributed by atoms with Crippen LogP contribution in [0, 0.1) is 6.92 Å². The Balaban J connectivity index is 1.63. The van der Waals surface area contributed by atoms with E-state index >= 15 is 0 Å². The second-order valence-corrected chi connectivity index (χ2v) is 6.88. The fraction of sp³-hybridized carbons (Fsp3) is 0.0870. The van der Waals surface area contributed by atoms with Crippen molar-refractivity contribution in [3.8, 4) is 28.4 Å². The molecule has 0 fully saturated rings. The molecular weight excluding hydrogens is 364 g/mol. The lowest BCUT2D eigenvalue weighted by atomic mass is 10.1. The van der Waals surface area contributed by atoms with Gasteiger partial charge in [0.2, 0.25) is 0 Å². The second kappa shape index (κ2) is 6.60. The summed E-state index contributed by atoms with van der Waals surface area (Å²) in [6, 6.07) is 19.3. The number of para-hydroxylation sites is 1. The van der Waals surface area contributed by atoms with E-state index in [1.54, 1.807) is 18.5 Å². The predicted octanol–water partition coefficient (Wildman–Crippen LogP) is 4.22. The highest BCUT2D eigenvalue weighted by Gasteiger charge is 2.14. The van der Waals surface area contributed by atoms with Crippen LogP contribution >= 0.6 is 0 Å². The number of hydrogen-bond acceptors (Lipinski definition) is 4. The summed E-state index contributed by atoms with van der Waals surface area (Å²) in [6.45, 7) is 1.80. The minimum atomic E-state index is -0.00729. The van der Waals surface area contributed by atoms with Gasteiger partial charge < -0.3 is 9.72 Å². The van der Waals surface area contributed by atoms with E-state index in [1.807, 2.05) is 66.9 Å². The van der Waals surface area contributed by atoms with Gasteiger partial charge in [-0.15, -0.1) is 5.10 Å². The van der Waals surface area contributed by atoms with Gasteiger partial charge in [-0.3, -0.25) is 4.79 Å². The SMILES string of the molecule is COc1ccc(-c2ccc3nc(-c4[nH]c5ccccc5c(=O)c4C)nn3c2)cc1. The standard InChI is InChI=1S/C23H18N4O2/c1-14-21(24-19-6-4-3-5-18(19)22(14)28)23-25-20-12-9-16(13-27(20)26-23)15-7-10-17(29-2)11-8-15/h3-13H,1-2H3,(H,24,28). The summed E-state index contributed by atoms with van der Waals surface area (Å²) in [5.74, 6) is 1.31. The Kier molecular flexibility index (Phi) is 3.91. The molecule has 1 N–H and O–H groups in total. The molecule has 3 heterocycles. The largest absolute Gasteiger partial charge is 0.497 e. The minimum absolute atomic E-state index is 0.00729. The fourth-order valence-corrected chi connectivity index (χ4v) is 3.50. The molecule has 0 aliphatic carbocycles. The number of pyridine rings is 2. The summed E-state index contributed by atoms with van der Waals surface area (Å²) >= 11 is 0. The topological polar surface area (TPSA) is 72.3 Å². The molecule has 0 amide bonds. The van der Waals surface area contributed by atoms with Gasteiger partial charge in [0.05, 0.1) is 12.8 Å². The number of nitrogens with zero attached hydrogens (tertiary/aromatic N) is 3. The van der Waals surface area contributed by atoms with Gasteiger partial charge in [0.1, 0.15) is 5.75 Å². The van der Waals surface area contributed by atoms with E-state index in [2.05, 4.69) is 15.1 Å². The van der Waals surface area contributed by atoms with Crippen LogP contribution in [0.3, 0.4) is 0 Å². The Morgan fingerprint density at radius 1 is 0.966 bits per heavy atom. The number of rotatable bonds is 3. The average molecular weight is 382 g/mol. The second-order valence-electron chi connectivity index (χ2n) is 6.88. The lowest BCUT2D eigenvalue weighted by Crippen LogP contribution is -2.09. The molecule has 5 rings (SSSR count). The third kappa shape index (κ3) is 2.86. The molecule has 3 aromatic heterocycles. The molecule has 0 aliphatic rings. The highest BCUT2D eigenvalue weighted by Crippen LogP contribution is 2.24. The van der Waals surface area contributed by atoms with Crippen molar-refractivity contribution in [1.29, 1.82) is 0 Å². The first-order valence-corrected chi connectivity index (χ1v) is 9.27. The Morgan fingerprint density at radius 2 is 1.72 bits per heavy atom. The van der Waals surface area contributed by atoms with Crippen LogP contribution in [-0.2, 0) is 0 Å². The van der Waals surface area contributed by atoms with Crippen molar-refractivity contribution in [2.24, 2.45) is 0 Å². The Labute approximate surface area is 166 Å². The van der Waals surface area contributed by atoms with Crippen LogP contribution in [0.4, 0.5) is 0 Å². The molecule has 0 atom stereocenters. The van der Waals surface area contributed by atoms with Gasteiger partial charge in [-0.2, -0.15) is 0 Å². The smallest absolute Gasteiger partial charge is 0.198 e. The summed E-state index contributed by atoms with van der Waals surface area (Å²) in [5.41, 5.74) is 4.80. The zero-order chi connectivity index (χ0) is 20.0. The van der Waals surface area contributed by atoms with Crippen LogP contribution in [0.25, 0.3) is 39.2 Å². The van der Waals surface area contributed by atoms with Crippen LogP contribution in [0.5, 0.6) is 5.75 Å². The highest BCUT2D eigenvalue weighted by molar-refractivity contribution is 5.82. The molecule has 6 heteroatoms. The van der Waals surface area contributed by atoms with Gasteiger partial charge in [-0.25, -0.2) is 9.50 Å². The van der Waals surface area contributed by atoms with E-state index in [0.29, 0.717) is 28.1 Å². The van der Waals surface area contributed by atoms with Gasteiger partial charge in [-0.05, 0) is 48.9 Å². The molecule has 0 unspecified atom stereocenters. The molecule has 2 aromatic carbocycles. The van der Waals surface area contributed by atoms with Crippen LogP contribution in [-0.4, -0.2) is 26.7 Å². The molecule has 142 valence electrons. The van der Waals surface area contributed by atoms with Gasteiger partial charge in [0.25, 0.3) is 0 Å².